The second-order valence-corrected chi connectivity index (χ2v) is 11.8. The highest BCUT2D eigenvalue weighted by Gasteiger charge is 2.17. The van der Waals surface area contributed by atoms with E-state index in [1.54, 1.807) is 0 Å². The van der Waals surface area contributed by atoms with E-state index in [0.29, 0.717) is 12.2 Å². The minimum atomic E-state index is -0.588. The van der Waals surface area contributed by atoms with Gasteiger partial charge in [-0.05, 0) is 79.7 Å². The maximum Gasteiger partial charge on any atom is 0.129 e. The Morgan fingerprint density at radius 3 is 2.08 bits per heavy atom. The second-order valence-electron chi connectivity index (χ2n) is 11.8. The third kappa shape index (κ3) is 14.4. The molecule has 8 heteroatoms. The van der Waals surface area contributed by atoms with E-state index in [2.05, 4.69) is 99.0 Å². The Morgan fingerprint density at radius 2 is 1.50 bits per heavy atom. The number of nitrogens with one attached hydrogen (secondary N) is 2. The molecule has 1 atom stereocenters. The largest absolute Gasteiger partial charge is 0.385 e. The molecule has 3 heterocycles. The standard InChI is InChI=1S/C15H25N3O2.C15H27N3.C2H6/c1-15(2,3)16-11-13(19)12-5-4-6-14(17-12)18-7-9-20-10-8-18;1-6-18(7-2)14-10-8-9-13(17-14)11-12-16-15(3,4)5;1-2/h4-6,13,16,19H,7-11H2,1-3H3;8-10,16H,6-7,11-12H2,1-5H3;1-2H3. The number of aliphatic hydroxyl groups excluding tert-OH is 1. The SMILES string of the molecule is CC.CC(C)(C)NCC(O)c1cccc(N2CCOCC2)n1.CCN(CC)c1cccc(CCNC(C)(C)C)n1. The zero-order chi connectivity index (χ0) is 30.2. The minimum absolute atomic E-state index is 0.0111. The fraction of sp³-hybridized carbons (Fsp3) is 0.688. The second kappa shape index (κ2) is 18.2. The Balaban J connectivity index is 0.000000379. The van der Waals surface area contributed by atoms with Gasteiger partial charge in [-0.1, -0.05) is 26.0 Å². The Bertz CT molecular complexity index is 931. The average Bonchev–Trinajstić information content (AvgIpc) is 2.94. The molecule has 228 valence electrons. The first-order valence-electron chi connectivity index (χ1n) is 15.1. The number of morpholine rings is 1. The summed E-state index contributed by atoms with van der Waals surface area (Å²) in [6.07, 6.45) is 0.391. The molecule has 1 fully saturated rings. The molecule has 1 aliphatic heterocycles. The summed E-state index contributed by atoms with van der Waals surface area (Å²) in [6.45, 7) is 27.8. The Labute approximate surface area is 244 Å². The van der Waals surface area contributed by atoms with Crippen LogP contribution in [-0.2, 0) is 11.2 Å². The summed E-state index contributed by atoms with van der Waals surface area (Å²) in [6, 6.07) is 12.1. The Morgan fingerprint density at radius 1 is 0.900 bits per heavy atom. The number of nitrogens with zero attached hydrogens (tertiary/aromatic N) is 4. The van der Waals surface area contributed by atoms with E-state index in [-0.39, 0.29) is 11.1 Å². The van der Waals surface area contributed by atoms with Crippen molar-refractivity contribution < 1.29 is 9.84 Å². The van der Waals surface area contributed by atoms with Gasteiger partial charge in [-0.15, -0.1) is 0 Å². The first-order valence-corrected chi connectivity index (χ1v) is 15.1. The van der Waals surface area contributed by atoms with Crippen LogP contribution in [0.5, 0.6) is 0 Å². The predicted molar refractivity (Wildman–Crippen MR) is 171 cm³/mol. The van der Waals surface area contributed by atoms with Gasteiger partial charge in [0, 0.05) is 62.5 Å². The summed E-state index contributed by atoms with van der Waals surface area (Å²) < 4.78 is 5.35. The molecule has 0 aliphatic carbocycles. The molecule has 3 rings (SSSR count). The zero-order valence-electron chi connectivity index (χ0n) is 27.0. The van der Waals surface area contributed by atoms with Gasteiger partial charge in [-0.3, -0.25) is 0 Å². The summed E-state index contributed by atoms with van der Waals surface area (Å²) in [4.78, 5) is 13.8. The molecule has 8 nitrogen and oxygen atoms in total. The molecule has 0 spiro atoms. The molecule has 3 N–H and O–H groups in total. The third-order valence-electron chi connectivity index (χ3n) is 6.17. The van der Waals surface area contributed by atoms with Crippen LogP contribution in [0, 0.1) is 0 Å². The first kappa shape index (κ1) is 35.8. The number of pyridine rings is 2. The van der Waals surface area contributed by atoms with Gasteiger partial charge in [0.25, 0.3) is 0 Å². The monoisotopic (exact) mass is 558 g/mol. The van der Waals surface area contributed by atoms with E-state index in [9.17, 15) is 5.11 Å². The van der Waals surface area contributed by atoms with Crippen molar-refractivity contribution in [3.8, 4) is 0 Å². The lowest BCUT2D eigenvalue weighted by Gasteiger charge is -2.28. The smallest absolute Gasteiger partial charge is 0.129 e. The molecule has 40 heavy (non-hydrogen) atoms. The van der Waals surface area contributed by atoms with Crippen LogP contribution < -0.4 is 20.4 Å². The Kier molecular flexibility index (Phi) is 16.3. The molecule has 1 aliphatic rings. The van der Waals surface area contributed by atoms with Crippen LogP contribution in [0.2, 0.25) is 0 Å². The van der Waals surface area contributed by atoms with Crippen molar-refractivity contribution in [1.82, 2.24) is 20.6 Å². The maximum absolute atomic E-state index is 10.2. The highest BCUT2D eigenvalue weighted by Crippen LogP contribution is 2.18. The summed E-state index contributed by atoms with van der Waals surface area (Å²) in [5.74, 6) is 2.01. The van der Waals surface area contributed by atoms with Crippen LogP contribution in [0.15, 0.2) is 36.4 Å². The highest BCUT2D eigenvalue weighted by atomic mass is 16.5. The van der Waals surface area contributed by atoms with Gasteiger partial charge >= 0.3 is 0 Å². The number of rotatable bonds is 10. The molecule has 0 saturated carbocycles. The zero-order valence-corrected chi connectivity index (χ0v) is 27.0. The normalized spacial score (nSPS) is 14.4. The van der Waals surface area contributed by atoms with Crippen molar-refractivity contribution in [2.75, 3.05) is 62.3 Å². The van der Waals surface area contributed by atoms with Crippen molar-refractivity contribution in [1.29, 1.82) is 0 Å². The van der Waals surface area contributed by atoms with Crippen LogP contribution >= 0.6 is 0 Å². The van der Waals surface area contributed by atoms with Gasteiger partial charge in [-0.25, -0.2) is 9.97 Å². The van der Waals surface area contributed by atoms with Crippen LogP contribution in [0.4, 0.5) is 11.6 Å². The van der Waals surface area contributed by atoms with E-state index in [1.807, 2.05) is 32.0 Å². The molecule has 0 aromatic carbocycles. The summed E-state index contributed by atoms with van der Waals surface area (Å²) in [7, 11) is 0. The summed E-state index contributed by atoms with van der Waals surface area (Å²) in [5.41, 5.74) is 2.04. The van der Waals surface area contributed by atoms with Gasteiger partial charge in [0.15, 0.2) is 0 Å². The number of hydrogen-bond acceptors (Lipinski definition) is 8. The van der Waals surface area contributed by atoms with Gasteiger partial charge in [0.1, 0.15) is 17.7 Å². The van der Waals surface area contributed by atoms with Gasteiger partial charge in [-0.2, -0.15) is 0 Å². The molecular weight excluding hydrogens is 500 g/mol. The van der Waals surface area contributed by atoms with Gasteiger partial charge < -0.3 is 30.3 Å². The third-order valence-corrected chi connectivity index (χ3v) is 6.17. The molecular formula is C32H58N6O2. The van der Waals surface area contributed by atoms with E-state index in [4.69, 9.17) is 9.72 Å². The topological polar surface area (TPSA) is 85.8 Å². The lowest BCUT2D eigenvalue weighted by Crippen LogP contribution is -2.39. The lowest BCUT2D eigenvalue weighted by molar-refractivity contribution is 0.122. The van der Waals surface area contributed by atoms with Crippen molar-refractivity contribution >= 4 is 11.6 Å². The summed E-state index contributed by atoms with van der Waals surface area (Å²) >= 11 is 0. The van der Waals surface area contributed by atoms with Crippen molar-refractivity contribution in [2.45, 2.75) is 92.8 Å². The maximum atomic E-state index is 10.2. The van der Waals surface area contributed by atoms with Crippen LogP contribution in [0.1, 0.15) is 86.7 Å². The van der Waals surface area contributed by atoms with Crippen LogP contribution in [0.3, 0.4) is 0 Å². The molecule has 1 saturated heterocycles. The number of hydrogen-bond donors (Lipinski definition) is 3. The lowest BCUT2D eigenvalue weighted by atomic mass is 10.1. The molecule has 2 aromatic rings. The predicted octanol–water partition coefficient (Wildman–Crippen LogP) is 5.22. The van der Waals surface area contributed by atoms with E-state index >= 15 is 0 Å². The van der Waals surface area contributed by atoms with Crippen LogP contribution in [-0.4, -0.2) is 78.6 Å². The fourth-order valence-corrected chi connectivity index (χ4v) is 4.00. The number of aliphatic hydroxyl groups is 1. The quantitative estimate of drug-likeness (QED) is 0.366. The fourth-order valence-electron chi connectivity index (χ4n) is 4.00. The van der Waals surface area contributed by atoms with Crippen molar-refractivity contribution in [2.24, 2.45) is 0 Å². The number of ether oxygens (including phenoxy) is 1. The number of aromatic nitrogens is 2. The highest BCUT2D eigenvalue weighted by molar-refractivity contribution is 5.40. The van der Waals surface area contributed by atoms with Gasteiger partial charge in [0.05, 0.1) is 18.9 Å². The van der Waals surface area contributed by atoms with Gasteiger partial charge in [0.2, 0.25) is 0 Å². The van der Waals surface area contributed by atoms with Crippen molar-refractivity contribution in [3.05, 3.63) is 47.8 Å². The molecule has 1 unspecified atom stereocenters. The molecule has 0 radical (unpaired) electrons. The first-order chi connectivity index (χ1) is 18.9. The average molecular weight is 559 g/mol. The Hall–Kier alpha value is -2.26. The molecule has 2 aromatic heterocycles. The van der Waals surface area contributed by atoms with Crippen LogP contribution in [0.25, 0.3) is 0 Å². The number of anilines is 2. The minimum Gasteiger partial charge on any atom is -0.385 e. The van der Waals surface area contributed by atoms with Crippen molar-refractivity contribution in [3.63, 3.8) is 0 Å². The summed E-state index contributed by atoms with van der Waals surface area (Å²) in [5, 5.41) is 17.0. The van der Waals surface area contributed by atoms with E-state index in [1.165, 1.54) is 0 Å². The van der Waals surface area contributed by atoms with E-state index < -0.39 is 6.10 Å². The van der Waals surface area contributed by atoms with E-state index in [0.717, 1.165) is 69.7 Å². The molecule has 0 bridgehead atoms. The molecule has 0 amide bonds. The number of β-amino-alcohol motifs (C(OH)–C–C–N with tert-alkyl or cyclic N) is 1.